The van der Waals surface area contributed by atoms with Crippen molar-refractivity contribution in [3.8, 4) is 16.9 Å². The van der Waals surface area contributed by atoms with Crippen LogP contribution in [0, 0.1) is 6.92 Å². The number of nitrogens with two attached hydrogens (primary N) is 1. The number of carbonyl (C=O) groups excluding carboxylic acids is 1. The average Bonchev–Trinajstić information content (AvgIpc) is 2.63. The van der Waals surface area contributed by atoms with Crippen LogP contribution in [0.4, 0.5) is 0 Å². The monoisotopic (exact) mass is 430 g/mol. The maximum Gasteiger partial charge on any atom is 0.248 e. The smallest absolute Gasteiger partial charge is 0.248 e. The fourth-order valence-corrected chi connectivity index (χ4v) is 3.15. The quantitative estimate of drug-likeness (QED) is 0.607. The van der Waals surface area contributed by atoms with Gasteiger partial charge in [0, 0.05) is 21.8 Å². The Morgan fingerprint density at radius 3 is 2.69 bits per heavy atom. The molecule has 0 aliphatic rings. The van der Waals surface area contributed by atoms with Crippen molar-refractivity contribution >= 4 is 33.4 Å². The molecule has 0 aliphatic carbocycles. The van der Waals surface area contributed by atoms with E-state index in [9.17, 15) is 4.79 Å². The lowest BCUT2D eigenvalue weighted by atomic mass is 9.97. The summed E-state index contributed by atoms with van der Waals surface area (Å²) in [6, 6.07) is 14.6. The first-order valence-electron chi connectivity index (χ1n) is 7.88. The fraction of sp³-hybridized carbons (Fsp3) is 0.100. The molecule has 0 saturated heterocycles. The first kappa shape index (κ1) is 18.4. The third-order valence-corrected chi connectivity index (χ3v) is 5.12. The number of rotatable bonds is 5. The normalized spacial score (nSPS) is 10.6. The largest absolute Gasteiger partial charge is 0.487 e. The molecule has 132 valence electrons. The second-order valence-electron chi connectivity index (χ2n) is 5.77. The summed E-state index contributed by atoms with van der Waals surface area (Å²) >= 11 is 9.63. The van der Waals surface area contributed by atoms with Crippen LogP contribution in [0.5, 0.6) is 5.75 Å². The van der Waals surface area contributed by atoms with Crippen LogP contribution < -0.4 is 10.5 Å². The highest BCUT2D eigenvalue weighted by Crippen LogP contribution is 2.37. The Kier molecular flexibility index (Phi) is 5.59. The highest BCUT2D eigenvalue weighted by atomic mass is 79.9. The number of aromatic nitrogens is 1. The molecule has 0 unspecified atom stereocenters. The molecular formula is C20H16BrClN2O2. The third-order valence-electron chi connectivity index (χ3n) is 3.92. The van der Waals surface area contributed by atoms with Crippen LogP contribution >= 0.6 is 27.5 Å². The van der Waals surface area contributed by atoms with E-state index in [1.165, 1.54) is 0 Å². The van der Waals surface area contributed by atoms with E-state index in [-0.39, 0.29) is 0 Å². The first-order valence-corrected chi connectivity index (χ1v) is 9.05. The number of nitrogens with zero attached hydrogens (tertiary/aromatic N) is 1. The number of carbonyl (C=O) groups is 1. The summed E-state index contributed by atoms with van der Waals surface area (Å²) in [6.07, 6.45) is 1.72. The minimum absolute atomic E-state index is 0.317. The van der Waals surface area contributed by atoms with Gasteiger partial charge in [0.05, 0.1) is 10.7 Å². The highest BCUT2D eigenvalue weighted by molar-refractivity contribution is 9.10. The zero-order valence-corrected chi connectivity index (χ0v) is 16.3. The standard InChI is InChI=1S/C20H16BrClN2O2/c1-12-8-18(22)17(21)10-15(12)16-9-13(20(23)25)5-6-19(16)26-11-14-4-2-3-7-24-14/h2-10H,11H2,1H3,(H2,23,25). The Bertz CT molecular complexity index is 962. The molecule has 1 heterocycles. The molecule has 26 heavy (non-hydrogen) atoms. The van der Waals surface area contributed by atoms with Crippen molar-refractivity contribution in [2.24, 2.45) is 5.73 Å². The molecule has 0 bridgehead atoms. The van der Waals surface area contributed by atoms with Gasteiger partial charge < -0.3 is 10.5 Å². The summed E-state index contributed by atoms with van der Waals surface area (Å²) in [5.74, 6) is 0.145. The van der Waals surface area contributed by atoms with Crippen LogP contribution in [-0.2, 0) is 6.61 Å². The van der Waals surface area contributed by atoms with Crippen LogP contribution in [0.2, 0.25) is 5.02 Å². The van der Waals surface area contributed by atoms with E-state index in [2.05, 4.69) is 20.9 Å². The maximum atomic E-state index is 11.6. The van der Waals surface area contributed by atoms with Crippen molar-refractivity contribution < 1.29 is 9.53 Å². The zero-order valence-electron chi connectivity index (χ0n) is 14.0. The van der Waals surface area contributed by atoms with Gasteiger partial charge in [0.1, 0.15) is 12.4 Å². The molecule has 3 aromatic rings. The Balaban J connectivity index is 2.05. The van der Waals surface area contributed by atoms with Crippen LogP contribution in [0.3, 0.4) is 0 Å². The van der Waals surface area contributed by atoms with Gasteiger partial charge in [-0.05, 0) is 76.4 Å². The Hall–Kier alpha value is -2.37. The van der Waals surface area contributed by atoms with Crippen molar-refractivity contribution in [1.29, 1.82) is 0 Å². The van der Waals surface area contributed by atoms with E-state index in [4.69, 9.17) is 22.1 Å². The average molecular weight is 432 g/mol. The van der Waals surface area contributed by atoms with E-state index < -0.39 is 5.91 Å². The number of pyridine rings is 1. The first-order chi connectivity index (χ1) is 12.5. The predicted molar refractivity (Wildman–Crippen MR) is 106 cm³/mol. The Morgan fingerprint density at radius 1 is 1.19 bits per heavy atom. The number of aryl methyl sites for hydroxylation is 1. The second-order valence-corrected chi connectivity index (χ2v) is 7.03. The molecule has 0 radical (unpaired) electrons. The van der Waals surface area contributed by atoms with E-state index in [1.54, 1.807) is 24.4 Å². The SMILES string of the molecule is Cc1cc(Cl)c(Br)cc1-c1cc(C(N)=O)ccc1OCc1ccccn1. The molecule has 4 nitrogen and oxygen atoms in total. The van der Waals surface area contributed by atoms with Crippen LogP contribution in [0.15, 0.2) is 59.2 Å². The highest BCUT2D eigenvalue weighted by Gasteiger charge is 2.14. The van der Waals surface area contributed by atoms with Gasteiger partial charge in [0.15, 0.2) is 0 Å². The summed E-state index contributed by atoms with van der Waals surface area (Å²) in [4.78, 5) is 15.9. The lowest BCUT2D eigenvalue weighted by Crippen LogP contribution is -2.11. The molecule has 2 N–H and O–H groups in total. The number of amides is 1. The summed E-state index contributed by atoms with van der Waals surface area (Å²) < 4.78 is 6.74. The summed E-state index contributed by atoms with van der Waals surface area (Å²) in [7, 11) is 0. The van der Waals surface area contributed by atoms with Gasteiger partial charge >= 0.3 is 0 Å². The Labute approximate surface area is 165 Å². The minimum Gasteiger partial charge on any atom is -0.487 e. The Morgan fingerprint density at radius 2 is 2.00 bits per heavy atom. The topological polar surface area (TPSA) is 65.2 Å². The molecule has 0 fully saturated rings. The number of benzene rings is 2. The number of hydrogen-bond donors (Lipinski definition) is 1. The fourth-order valence-electron chi connectivity index (χ4n) is 2.59. The van der Waals surface area contributed by atoms with E-state index in [0.29, 0.717) is 22.9 Å². The van der Waals surface area contributed by atoms with Gasteiger partial charge in [-0.2, -0.15) is 0 Å². The summed E-state index contributed by atoms with van der Waals surface area (Å²) in [5.41, 5.74) is 9.31. The summed E-state index contributed by atoms with van der Waals surface area (Å²) in [6.45, 7) is 2.27. The number of primary amides is 1. The van der Waals surface area contributed by atoms with Crippen molar-refractivity contribution in [3.05, 3.63) is 81.0 Å². The number of halogens is 2. The molecular weight excluding hydrogens is 416 g/mol. The van der Waals surface area contributed by atoms with Crippen LogP contribution in [-0.4, -0.2) is 10.9 Å². The van der Waals surface area contributed by atoms with Crippen molar-refractivity contribution in [2.45, 2.75) is 13.5 Å². The molecule has 1 aromatic heterocycles. The molecule has 0 aliphatic heterocycles. The van der Waals surface area contributed by atoms with Gasteiger partial charge in [-0.25, -0.2) is 0 Å². The maximum absolute atomic E-state index is 11.6. The number of hydrogen-bond acceptors (Lipinski definition) is 3. The molecule has 2 aromatic carbocycles. The van der Waals surface area contributed by atoms with Crippen molar-refractivity contribution in [3.63, 3.8) is 0 Å². The molecule has 3 rings (SSSR count). The second kappa shape index (κ2) is 7.89. The molecule has 6 heteroatoms. The third kappa shape index (κ3) is 4.06. The van der Waals surface area contributed by atoms with E-state index in [1.807, 2.05) is 37.3 Å². The van der Waals surface area contributed by atoms with E-state index >= 15 is 0 Å². The molecule has 1 amide bonds. The van der Waals surface area contributed by atoms with E-state index in [0.717, 1.165) is 26.9 Å². The van der Waals surface area contributed by atoms with Crippen molar-refractivity contribution in [1.82, 2.24) is 4.98 Å². The van der Waals surface area contributed by atoms with Gasteiger partial charge in [-0.3, -0.25) is 9.78 Å². The van der Waals surface area contributed by atoms with Crippen molar-refractivity contribution in [2.75, 3.05) is 0 Å². The van der Waals surface area contributed by atoms with Crippen LogP contribution in [0.25, 0.3) is 11.1 Å². The van der Waals surface area contributed by atoms with Gasteiger partial charge in [-0.15, -0.1) is 0 Å². The predicted octanol–water partition coefficient (Wildman–Crippen LogP) is 5.15. The lowest BCUT2D eigenvalue weighted by Gasteiger charge is -2.15. The molecule has 0 atom stereocenters. The van der Waals surface area contributed by atoms with Gasteiger partial charge in [0.25, 0.3) is 0 Å². The minimum atomic E-state index is -0.492. The van der Waals surface area contributed by atoms with Gasteiger partial charge in [0.2, 0.25) is 5.91 Å². The zero-order chi connectivity index (χ0) is 18.7. The number of ether oxygens (including phenoxy) is 1. The summed E-state index contributed by atoms with van der Waals surface area (Å²) in [5, 5.41) is 0.619. The molecule has 0 spiro atoms. The molecule has 0 saturated carbocycles. The van der Waals surface area contributed by atoms with Gasteiger partial charge in [-0.1, -0.05) is 17.7 Å². The van der Waals surface area contributed by atoms with Crippen LogP contribution in [0.1, 0.15) is 21.6 Å². The lowest BCUT2D eigenvalue weighted by molar-refractivity contribution is 0.100.